The molecule has 126 valence electrons. The van der Waals surface area contributed by atoms with Gasteiger partial charge in [0.2, 0.25) is 0 Å². The molecule has 1 heterocycles. The Morgan fingerprint density at radius 2 is 2.04 bits per heavy atom. The molecule has 1 aliphatic rings. The van der Waals surface area contributed by atoms with Crippen LogP contribution < -0.4 is 5.32 Å². The largest absolute Gasteiger partial charge is 0.411 e. The molecule has 0 spiro atoms. The van der Waals surface area contributed by atoms with E-state index >= 15 is 0 Å². The third kappa shape index (κ3) is 3.51. The summed E-state index contributed by atoms with van der Waals surface area (Å²) in [6.07, 6.45) is -0.539. The monoisotopic (exact) mass is 321 g/mol. The molecule has 7 nitrogen and oxygen atoms in total. The van der Waals surface area contributed by atoms with Crippen LogP contribution in [-0.4, -0.2) is 32.0 Å². The summed E-state index contributed by atoms with van der Waals surface area (Å²) in [6, 6.07) is 5.92. The lowest BCUT2D eigenvalue weighted by molar-refractivity contribution is -0.385. The van der Waals surface area contributed by atoms with Gasteiger partial charge in [0.15, 0.2) is 0 Å². The molecular weight excluding hydrogens is 298 g/mol. The Balaban J connectivity index is 2.42. The van der Waals surface area contributed by atoms with Crippen LogP contribution in [-0.2, 0) is 0 Å². The summed E-state index contributed by atoms with van der Waals surface area (Å²) in [4.78, 5) is 10.4. The molecule has 1 aliphatic heterocycles. The topological polar surface area (TPSA) is 108 Å². The molecule has 1 fully saturated rings. The molecule has 0 aromatic heterocycles. The number of benzene rings is 1. The Bertz CT molecular complexity index is 640. The number of nitro groups is 1. The number of nitrogens with zero attached hydrogens (tertiary/aromatic N) is 2. The summed E-state index contributed by atoms with van der Waals surface area (Å²) in [5, 5.41) is 38.0. The van der Waals surface area contributed by atoms with E-state index in [1.165, 1.54) is 12.1 Å². The molecular formula is C16H23N3O4. The SMILES string of the molecule is CC1(C)C/C(=N\O)[C@H]([C@@H](O)c2cccc([N+](=O)[O-])c2)C(C)(C)N1. The first-order chi connectivity index (χ1) is 10.6. The van der Waals surface area contributed by atoms with Crippen molar-refractivity contribution in [2.24, 2.45) is 11.1 Å². The maximum atomic E-state index is 10.9. The van der Waals surface area contributed by atoms with Gasteiger partial charge in [-0.25, -0.2) is 0 Å². The van der Waals surface area contributed by atoms with Crippen molar-refractivity contribution < 1.29 is 15.2 Å². The van der Waals surface area contributed by atoms with E-state index in [0.29, 0.717) is 17.7 Å². The average Bonchev–Trinajstić information content (AvgIpc) is 2.43. The molecule has 1 saturated heterocycles. The van der Waals surface area contributed by atoms with Gasteiger partial charge >= 0.3 is 0 Å². The lowest BCUT2D eigenvalue weighted by Gasteiger charge is -2.49. The van der Waals surface area contributed by atoms with Crippen molar-refractivity contribution in [3.63, 3.8) is 0 Å². The molecule has 0 amide bonds. The molecule has 0 unspecified atom stereocenters. The van der Waals surface area contributed by atoms with E-state index in [-0.39, 0.29) is 11.2 Å². The third-order valence-corrected chi connectivity index (χ3v) is 4.29. The number of oxime groups is 1. The number of aliphatic hydroxyl groups is 1. The van der Waals surface area contributed by atoms with Gasteiger partial charge in [0.05, 0.1) is 16.7 Å². The summed E-state index contributed by atoms with van der Waals surface area (Å²) < 4.78 is 0. The maximum Gasteiger partial charge on any atom is 0.269 e. The minimum atomic E-state index is -1.01. The van der Waals surface area contributed by atoms with Crippen LogP contribution in [0.4, 0.5) is 5.69 Å². The van der Waals surface area contributed by atoms with E-state index in [0.717, 1.165) is 0 Å². The predicted molar refractivity (Wildman–Crippen MR) is 86.7 cm³/mol. The highest BCUT2D eigenvalue weighted by atomic mass is 16.6. The fourth-order valence-corrected chi connectivity index (χ4v) is 3.66. The van der Waals surface area contributed by atoms with Gasteiger partial charge in [-0.15, -0.1) is 0 Å². The fourth-order valence-electron chi connectivity index (χ4n) is 3.66. The van der Waals surface area contributed by atoms with Crippen molar-refractivity contribution in [1.29, 1.82) is 0 Å². The fraction of sp³-hybridized carbons (Fsp3) is 0.562. The first-order valence-electron chi connectivity index (χ1n) is 7.50. The van der Waals surface area contributed by atoms with Crippen molar-refractivity contribution in [2.75, 3.05) is 0 Å². The second-order valence-corrected chi connectivity index (χ2v) is 7.27. The number of hydrogen-bond donors (Lipinski definition) is 3. The van der Waals surface area contributed by atoms with Crippen LogP contribution >= 0.6 is 0 Å². The van der Waals surface area contributed by atoms with Crippen molar-refractivity contribution >= 4 is 11.4 Å². The third-order valence-electron chi connectivity index (χ3n) is 4.29. The number of hydrogen-bond acceptors (Lipinski definition) is 6. The Labute approximate surface area is 135 Å². The second kappa shape index (κ2) is 5.90. The minimum absolute atomic E-state index is 0.0778. The summed E-state index contributed by atoms with van der Waals surface area (Å²) in [6.45, 7) is 7.83. The van der Waals surface area contributed by atoms with Gasteiger partial charge in [0.25, 0.3) is 5.69 Å². The summed E-state index contributed by atoms with van der Waals surface area (Å²) in [7, 11) is 0. The van der Waals surface area contributed by atoms with Crippen molar-refractivity contribution in [2.45, 2.75) is 51.3 Å². The smallest absolute Gasteiger partial charge is 0.269 e. The van der Waals surface area contributed by atoms with Crippen LogP contribution in [0.2, 0.25) is 0 Å². The Morgan fingerprint density at radius 1 is 1.39 bits per heavy atom. The molecule has 0 saturated carbocycles. The number of nitrogens with one attached hydrogen (secondary N) is 1. The van der Waals surface area contributed by atoms with Gasteiger partial charge in [-0.3, -0.25) is 10.1 Å². The molecule has 3 N–H and O–H groups in total. The first-order valence-corrected chi connectivity index (χ1v) is 7.50. The van der Waals surface area contributed by atoms with Crippen molar-refractivity contribution in [1.82, 2.24) is 5.32 Å². The van der Waals surface area contributed by atoms with Gasteiger partial charge in [-0.05, 0) is 33.3 Å². The summed E-state index contributed by atoms with van der Waals surface area (Å²) in [5.74, 6) is -0.498. The van der Waals surface area contributed by atoms with E-state index < -0.39 is 22.5 Å². The number of non-ortho nitro benzene ring substituents is 1. The van der Waals surface area contributed by atoms with Crippen LogP contribution in [0.1, 0.15) is 45.8 Å². The van der Waals surface area contributed by atoms with Crippen LogP contribution in [0.15, 0.2) is 29.4 Å². The normalized spacial score (nSPS) is 26.0. The highest BCUT2D eigenvalue weighted by molar-refractivity contribution is 5.90. The van der Waals surface area contributed by atoms with E-state index in [9.17, 15) is 20.4 Å². The standard InChI is InChI=1S/C16H23N3O4/c1-15(2)9-12(17-21)13(16(3,4)18-15)14(20)10-6-5-7-11(8-10)19(22)23/h5-8,13-14,18,20-21H,9H2,1-4H3/b17-12+/t13-,14+/m1/s1. The molecule has 0 bridgehead atoms. The Kier molecular flexibility index (Phi) is 4.45. The highest BCUT2D eigenvalue weighted by Crippen LogP contribution is 2.39. The summed E-state index contributed by atoms with van der Waals surface area (Å²) >= 11 is 0. The molecule has 2 rings (SSSR count). The van der Waals surface area contributed by atoms with E-state index in [1.807, 2.05) is 27.7 Å². The van der Waals surface area contributed by atoms with Gasteiger partial charge in [0, 0.05) is 35.5 Å². The molecule has 1 aromatic carbocycles. The zero-order valence-electron chi connectivity index (χ0n) is 13.8. The Morgan fingerprint density at radius 3 is 2.61 bits per heavy atom. The van der Waals surface area contributed by atoms with Crippen LogP contribution in [0.5, 0.6) is 0 Å². The number of piperidine rings is 1. The van der Waals surface area contributed by atoms with Gasteiger partial charge in [-0.1, -0.05) is 17.3 Å². The van der Waals surface area contributed by atoms with E-state index in [1.54, 1.807) is 12.1 Å². The lowest BCUT2D eigenvalue weighted by Crippen LogP contribution is -2.64. The van der Waals surface area contributed by atoms with Gasteiger partial charge in [0.1, 0.15) is 0 Å². The zero-order valence-corrected chi connectivity index (χ0v) is 13.8. The Hall–Kier alpha value is -1.99. The highest BCUT2D eigenvalue weighted by Gasteiger charge is 2.47. The van der Waals surface area contributed by atoms with E-state index in [2.05, 4.69) is 10.5 Å². The van der Waals surface area contributed by atoms with Gasteiger partial charge < -0.3 is 15.6 Å². The zero-order chi connectivity index (χ0) is 17.4. The molecule has 7 heteroatoms. The lowest BCUT2D eigenvalue weighted by atomic mass is 9.69. The molecule has 23 heavy (non-hydrogen) atoms. The van der Waals surface area contributed by atoms with Crippen LogP contribution in [0.3, 0.4) is 0 Å². The van der Waals surface area contributed by atoms with Crippen molar-refractivity contribution in [3.8, 4) is 0 Å². The number of nitro benzene ring substituents is 1. The summed E-state index contributed by atoms with van der Waals surface area (Å²) in [5.41, 5.74) is 0.0146. The molecule has 0 radical (unpaired) electrons. The molecule has 0 aliphatic carbocycles. The maximum absolute atomic E-state index is 10.9. The van der Waals surface area contributed by atoms with Crippen LogP contribution in [0.25, 0.3) is 0 Å². The average molecular weight is 321 g/mol. The molecule has 2 atom stereocenters. The van der Waals surface area contributed by atoms with Crippen molar-refractivity contribution in [3.05, 3.63) is 39.9 Å². The molecule has 1 aromatic rings. The minimum Gasteiger partial charge on any atom is -0.411 e. The first kappa shape index (κ1) is 17.4. The predicted octanol–water partition coefficient (Wildman–Crippen LogP) is 2.63. The number of rotatable bonds is 3. The number of aliphatic hydroxyl groups excluding tert-OH is 1. The van der Waals surface area contributed by atoms with Crippen LogP contribution in [0, 0.1) is 16.0 Å². The second-order valence-electron chi connectivity index (χ2n) is 7.27. The quantitative estimate of drug-likeness (QED) is 0.450. The van der Waals surface area contributed by atoms with E-state index in [4.69, 9.17) is 0 Å². The van der Waals surface area contributed by atoms with Gasteiger partial charge in [-0.2, -0.15) is 0 Å².